The number of benzene rings is 1. The lowest BCUT2D eigenvalue weighted by Crippen LogP contribution is -2.20. The quantitative estimate of drug-likeness (QED) is 0.903. The van der Waals surface area contributed by atoms with Gasteiger partial charge in [0.2, 0.25) is 0 Å². The van der Waals surface area contributed by atoms with Gasteiger partial charge < -0.3 is 5.32 Å². The van der Waals surface area contributed by atoms with E-state index in [1.807, 2.05) is 20.0 Å². The highest BCUT2D eigenvalue weighted by atomic mass is 14.9. The first-order valence-electron chi connectivity index (χ1n) is 6.77. The molecule has 1 unspecified atom stereocenters. The fourth-order valence-corrected chi connectivity index (χ4v) is 2.28. The first kappa shape index (κ1) is 13.8. The number of rotatable bonds is 4. The van der Waals surface area contributed by atoms with Crippen LogP contribution in [-0.2, 0) is 6.42 Å². The molecule has 0 fully saturated rings. The van der Waals surface area contributed by atoms with Crippen LogP contribution in [0.1, 0.15) is 34.1 Å². The minimum absolute atomic E-state index is 0.266. The average molecular weight is 254 g/mol. The monoisotopic (exact) mass is 254 g/mol. The van der Waals surface area contributed by atoms with Gasteiger partial charge in [-0.05, 0) is 63.1 Å². The number of nitrogens with one attached hydrogen (secondary N) is 1. The van der Waals surface area contributed by atoms with E-state index in [2.05, 4.69) is 54.5 Å². The second kappa shape index (κ2) is 5.98. The highest BCUT2D eigenvalue weighted by Gasteiger charge is 2.12. The molecule has 0 amide bonds. The number of nitrogens with zero attached hydrogens (tertiary/aromatic N) is 1. The lowest BCUT2D eigenvalue weighted by Gasteiger charge is -2.17. The Morgan fingerprint density at radius 3 is 2.47 bits per heavy atom. The zero-order chi connectivity index (χ0) is 13.8. The van der Waals surface area contributed by atoms with Crippen LogP contribution in [-0.4, -0.2) is 12.0 Å². The molecule has 0 spiro atoms. The molecule has 0 aliphatic carbocycles. The molecule has 0 saturated carbocycles. The van der Waals surface area contributed by atoms with Gasteiger partial charge in [0.15, 0.2) is 0 Å². The van der Waals surface area contributed by atoms with Crippen LogP contribution in [0.2, 0.25) is 0 Å². The van der Waals surface area contributed by atoms with Crippen molar-refractivity contribution in [3.63, 3.8) is 0 Å². The Kier molecular flexibility index (Phi) is 4.33. The van der Waals surface area contributed by atoms with E-state index in [0.29, 0.717) is 0 Å². The van der Waals surface area contributed by atoms with Crippen molar-refractivity contribution in [2.24, 2.45) is 0 Å². The number of hydrogen-bond donors (Lipinski definition) is 1. The molecule has 0 bridgehead atoms. The van der Waals surface area contributed by atoms with Crippen molar-refractivity contribution < 1.29 is 0 Å². The Balaban J connectivity index is 2.21. The van der Waals surface area contributed by atoms with Crippen molar-refractivity contribution >= 4 is 0 Å². The summed E-state index contributed by atoms with van der Waals surface area (Å²) in [6.07, 6.45) is 0.966. The Morgan fingerprint density at radius 2 is 1.84 bits per heavy atom. The van der Waals surface area contributed by atoms with E-state index in [1.54, 1.807) is 0 Å². The van der Waals surface area contributed by atoms with Crippen molar-refractivity contribution in [3.05, 3.63) is 64.5 Å². The van der Waals surface area contributed by atoms with E-state index in [0.717, 1.165) is 17.8 Å². The van der Waals surface area contributed by atoms with Crippen LogP contribution in [0.3, 0.4) is 0 Å². The molecular weight excluding hydrogens is 232 g/mol. The first-order chi connectivity index (χ1) is 9.10. The van der Waals surface area contributed by atoms with Crippen molar-refractivity contribution in [3.8, 4) is 0 Å². The fourth-order valence-electron chi connectivity index (χ4n) is 2.28. The molecule has 2 heteroatoms. The van der Waals surface area contributed by atoms with Crippen LogP contribution < -0.4 is 5.32 Å². The number of aromatic nitrogens is 1. The summed E-state index contributed by atoms with van der Waals surface area (Å²) in [6, 6.07) is 13.1. The SMILES string of the molecule is CNC(Cc1ccc(C)c(C)c1)c1cccc(C)n1. The van der Waals surface area contributed by atoms with E-state index in [1.165, 1.54) is 16.7 Å². The number of likely N-dealkylation sites (N-methyl/N-ethyl adjacent to an activating group) is 1. The summed E-state index contributed by atoms with van der Waals surface area (Å²) in [5, 5.41) is 3.37. The molecule has 2 nitrogen and oxygen atoms in total. The zero-order valence-electron chi connectivity index (χ0n) is 12.2. The van der Waals surface area contributed by atoms with Crippen molar-refractivity contribution in [1.29, 1.82) is 0 Å². The molecule has 19 heavy (non-hydrogen) atoms. The number of hydrogen-bond acceptors (Lipinski definition) is 2. The molecule has 100 valence electrons. The summed E-state index contributed by atoms with van der Waals surface area (Å²) < 4.78 is 0. The molecule has 2 aromatic rings. The smallest absolute Gasteiger partial charge is 0.0579 e. The maximum Gasteiger partial charge on any atom is 0.0579 e. The maximum absolute atomic E-state index is 4.62. The van der Waals surface area contributed by atoms with Gasteiger partial charge in [-0.1, -0.05) is 24.3 Å². The predicted octanol–water partition coefficient (Wildman–Crippen LogP) is 3.51. The Hall–Kier alpha value is -1.67. The largest absolute Gasteiger partial charge is 0.311 e. The fraction of sp³-hybridized carbons (Fsp3) is 0.353. The summed E-state index contributed by atoms with van der Waals surface area (Å²) in [7, 11) is 2.00. The molecule has 0 aliphatic heterocycles. The van der Waals surface area contributed by atoms with E-state index < -0.39 is 0 Å². The molecule has 0 aliphatic rings. The Morgan fingerprint density at radius 1 is 1.05 bits per heavy atom. The van der Waals surface area contributed by atoms with E-state index in [9.17, 15) is 0 Å². The third-order valence-electron chi connectivity index (χ3n) is 3.63. The summed E-state index contributed by atoms with van der Waals surface area (Å²) >= 11 is 0. The molecule has 0 saturated heterocycles. The lowest BCUT2D eigenvalue weighted by atomic mass is 9.99. The predicted molar refractivity (Wildman–Crippen MR) is 80.4 cm³/mol. The topological polar surface area (TPSA) is 24.9 Å². The van der Waals surface area contributed by atoms with Gasteiger partial charge in [-0.3, -0.25) is 4.98 Å². The minimum Gasteiger partial charge on any atom is -0.311 e. The van der Waals surface area contributed by atoms with E-state index in [-0.39, 0.29) is 6.04 Å². The van der Waals surface area contributed by atoms with Crippen LogP contribution in [0, 0.1) is 20.8 Å². The van der Waals surface area contributed by atoms with Gasteiger partial charge in [0, 0.05) is 5.69 Å². The zero-order valence-corrected chi connectivity index (χ0v) is 12.2. The highest BCUT2D eigenvalue weighted by molar-refractivity contribution is 5.31. The van der Waals surface area contributed by atoms with Gasteiger partial charge in [-0.15, -0.1) is 0 Å². The van der Waals surface area contributed by atoms with Crippen molar-refractivity contribution in [2.45, 2.75) is 33.2 Å². The lowest BCUT2D eigenvalue weighted by molar-refractivity contribution is 0.574. The summed E-state index contributed by atoms with van der Waals surface area (Å²) in [4.78, 5) is 4.62. The van der Waals surface area contributed by atoms with Gasteiger partial charge in [-0.25, -0.2) is 0 Å². The molecule has 2 rings (SSSR count). The summed E-state index contributed by atoms with van der Waals surface area (Å²) in [5.41, 5.74) is 6.23. The highest BCUT2D eigenvalue weighted by Crippen LogP contribution is 2.18. The minimum atomic E-state index is 0.266. The number of pyridine rings is 1. The standard InChI is InChI=1S/C17H22N2/c1-12-8-9-15(10-13(12)2)11-17(18-4)16-7-5-6-14(3)19-16/h5-10,17-18H,11H2,1-4H3. The van der Waals surface area contributed by atoms with Crippen LogP contribution in [0.4, 0.5) is 0 Å². The normalized spacial score (nSPS) is 12.4. The van der Waals surface area contributed by atoms with Crippen LogP contribution in [0.5, 0.6) is 0 Å². The Bertz CT molecular complexity index is 561. The molecule has 1 aromatic heterocycles. The summed E-state index contributed by atoms with van der Waals surface area (Å²) in [6.45, 7) is 6.35. The van der Waals surface area contributed by atoms with Gasteiger partial charge in [-0.2, -0.15) is 0 Å². The first-order valence-corrected chi connectivity index (χ1v) is 6.77. The molecule has 0 radical (unpaired) electrons. The molecule has 1 heterocycles. The summed E-state index contributed by atoms with van der Waals surface area (Å²) in [5.74, 6) is 0. The molecular formula is C17H22N2. The van der Waals surface area contributed by atoms with Gasteiger partial charge in [0.05, 0.1) is 11.7 Å². The van der Waals surface area contributed by atoms with Crippen LogP contribution >= 0.6 is 0 Å². The maximum atomic E-state index is 4.62. The molecule has 1 atom stereocenters. The second-order valence-corrected chi connectivity index (χ2v) is 5.17. The average Bonchev–Trinajstić information content (AvgIpc) is 2.40. The van der Waals surface area contributed by atoms with Crippen molar-refractivity contribution in [2.75, 3.05) is 7.05 Å². The molecule has 1 aromatic carbocycles. The van der Waals surface area contributed by atoms with E-state index >= 15 is 0 Å². The van der Waals surface area contributed by atoms with Crippen molar-refractivity contribution in [1.82, 2.24) is 10.3 Å². The van der Waals surface area contributed by atoms with Crippen LogP contribution in [0.15, 0.2) is 36.4 Å². The second-order valence-electron chi connectivity index (χ2n) is 5.17. The van der Waals surface area contributed by atoms with Gasteiger partial charge in [0.25, 0.3) is 0 Å². The number of aryl methyl sites for hydroxylation is 3. The third-order valence-corrected chi connectivity index (χ3v) is 3.63. The van der Waals surface area contributed by atoms with Gasteiger partial charge in [0.1, 0.15) is 0 Å². The third kappa shape index (κ3) is 3.42. The Labute approximate surface area is 115 Å². The van der Waals surface area contributed by atoms with E-state index in [4.69, 9.17) is 0 Å². The van der Waals surface area contributed by atoms with Gasteiger partial charge >= 0.3 is 0 Å². The van der Waals surface area contributed by atoms with Crippen LogP contribution in [0.25, 0.3) is 0 Å². The molecule has 1 N–H and O–H groups in total.